The summed E-state index contributed by atoms with van der Waals surface area (Å²) in [6.45, 7) is 6.02. The molecule has 3 heteroatoms. The van der Waals surface area contributed by atoms with E-state index in [0.717, 1.165) is 19.5 Å². The molecule has 0 radical (unpaired) electrons. The summed E-state index contributed by atoms with van der Waals surface area (Å²) in [7, 11) is 0. The zero-order valence-corrected chi connectivity index (χ0v) is 11.1. The standard InChI is InChI=1S/C14H25NO2/c1-14(2,12-5-3-4-6-12)13(17)15-8-7-11(9-15)10-16/h11-12,16H,3-10H2,1-2H3. The van der Waals surface area contributed by atoms with Gasteiger partial charge >= 0.3 is 0 Å². The number of hydrogen-bond acceptors (Lipinski definition) is 2. The Morgan fingerprint density at radius 3 is 2.47 bits per heavy atom. The van der Waals surface area contributed by atoms with Gasteiger partial charge in [0.25, 0.3) is 0 Å². The molecule has 1 saturated carbocycles. The fourth-order valence-corrected chi connectivity index (χ4v) is 3.40. The Morgan fingerprint density at radius 1 is 1.29 bits per heavy atom. The van der Waals surface area contributed by atoms with Gasteiger partial charge in [-0.1, -0.05) is 26.7 Å². The molecule has 0 spiro atoms. The van der Waals surface area contributed by atoms with Crippen molar-refractivity contribution in [1.29, 1.82) is 0 Å². The number of amides is 1. The van der Waals surface area contributed by atoms with E-state index < -0.39 is 0 Å². The number of aliphatic hydroxyl groups excluding tert-OH is 1. The van der Waals surface area contributed by atoms with Crippen molar-refractivity contribution in [3.63, 3.8) is 0 Å². The molecule has 3 nitrogen and oxygen atoms in total. The second-order valence-corrected chi connectivity index (χ2v) is 6.29. The van der Waals surface area contributed by atoms with E-state index in [1.54, 1.807) is 0 Å². The van der Waals surface area contributed by atoms with E-state index in [9.17, 15) is 4.79 Å². The SMILES string of the molecule is CC(C)(C(=O)N1CCC(CO)C1)C1CCCC1. The molecule has 17 heavy (non-hydrogen) atoms. The first kappa shape index (κ1) is 12.9. The summed E-state index contributed by atoms with van der Waals surface area (Å²) in [4.78, 5) is 14.5. The lowest BCUT2D eigenvalue weighted by molar-refractivity contribution is -0.142. The predicted octanol–water partition coefficient (Wildman–Crippen LogP) is 2.04. The maximum atomic E-state index is 12.6. The van der Waals surface area contributed by atoms with Crippen LogP contribution in [0.2, 0.25) is 0 Å². The predicted molar refractivity (Wildman–Crippen MR) is 67.5 cm³/mol. The van der Waals surface area contributed by atoms with Crippen LogP contribution in [0, 0.1) is 17.3 Å². The number of hydrogen-bond donors (Lipinski definition) is 1. The fourth-order valence-electron chi connectivity index (χ4n) is 3.40. The molecule has 0 bridgehead atoms. The van der Waals surface area contributed by atoms with E-state index in [4.69, 9.17) is 5.11 Å². The Labute approximate surface area is 104 Å². The number of aliphatic hydroxyl groups is 1. The number of nitrogens with zero attached hydrogens (tertiary/aromatic N) is 1. The van der Waals surface area contributed by atoms with Gasteiger partial charge in [-0.15, -0.1) is 0 Å². The highest BCUT2D eigenvalue weighted by Gasteiger charge is 2.42. The lowest BCUT2D eigenvalue weighted by Crippen LogP contribution is -2.43. The van der Waals surface area contributed by atoms with E-state index in [1.165, 1.54) is 25.7 Å². The monoisotopic (exact) mass is 239 g/mol. The lowest BCUT2D eigenvalue weighted by atomic mass is 9.76. The molecule has 1 aliphatic carbocycles. The van der Waals surface area contributed by atoms with Crippen molar-refractivity contribution >= 4 is 5.91 Å². The zero-order valence-electron chi connectivity index (χ0n) is 11.1. The molecule has 2 fully saturated rings. The van der Waals surface area contributed by atoms with Crippen molar-refractivity contribution in [2.24, 2.45) is 17.3 Å². The highest BCUT2D eigenvalue weighted by atomic mass is 16.3. The largest absolute Gasteiger partial charge is 0.396 e. The molecular weight excluding hydrogens is 214 g/mol. The summed E-state index contributed by atoms with van der Waals surface area (Å²) in [5.74, 6) is 1.17. The minimum Gasteiger partial charge on any atom is -0.396 e. The van der Waals surface area contributed by atoms with E-state index in [-0.39, 0.29) is 12.0 Å². The first-order valence-corrected chi connectivity index (χ1v) is 6.96. The fraction of sp³-hybridized carbons (Fsp3) is 0.929. The normalized spacial score (nSPS) is 26.8. The van der Waals surface area contributed by atoms with Gasteiger partial charge in [0.05, 0.1) is 0 Å². The Kier molecular flexibility index (Phi) is 3.76. The number of likely N-dealkylation sites (tertiary alicyclic amines) is 1. The molecule has 1 atom stereocenters. The molecule has 0 aromatic rings. The Balaban J connectivity index is 1.98. The second kappa shape index (κ2) is 4.97. The first-order chi connectivity index (χ1) is 8.05. The maximum absolute atomic E-state index is 12.6. The van der Waals surface area contributed by atoms with Gasteiger partial charge in [-0.25, -0.2) is 0 Å². The highest BCUT2D eigenvalue weighted by Crippen LogP contribution is 2.41. The van der Waals surface area contributed by atoms with Crippen molar-refractivity contribution in [3.05, 3.63) is 0 Å². The molecule has 1 aliphatic heterocycles. The van der Waals surface area contributed by atoms with Gasteiger partial charge in [-0.2, -0.15) is 0 Å². The van der Waals surface area contributed by atoms with Crippen molar-refractivity contribution in [1.82, 2.24) is 4.90 Å². The average Bonchev–Trinajstić information content (AvgIpc) is 2.99. The molecule has 0 aromatic carbocycles. The van der Waals surface area contributed by atoms with Gasteiger partial charge in [-0.05, 0) is 25.2 Å². The Morgan fingerprint density at radius 2 is 1.94 bits per heavy atom. The van der Waals surface area contributed by atoms with Crippen molar-refractivity contribution < 1.29 is 9.90 Å². The summed E-state index contributed by atoms with van der Waals surface area (Å²) < 4.78 is 0. The summed E-state index contributed by atoms with van der Waals surface area (Å²) in [5, 5.41) is 9.14. The first-order valence-electron chi connectivity index (χ1n) is 6.96. The number of carbonyl (C=O) groups is 1. The average molecular weight is 239 g/mol. The van der Waals surface area contributed by atoms with Crippen LogP contribution in [-0.4, -0.2) is 35.6 Å². The smallest absolute Gasteiger partial charge is 0.228 e. The van der Waals surface area contributed by atoms with Crippen LogP contribution in [0.25, 0.3) is 0 Å². The van der Waals surface area contributed by atoms with E-state index in [1.807, 2.05) is 4.90 Å². The van der Waals surface area contributed by atoms with Crippen LogP contribution in [0.4, 0.5) is 0 Å². The minimum atomic E-state index is -0.207. The molecule has 0 aromatic heterocycles. The quantitative estimate of drug-likeness (QED) is 0.819. The van der Waals surface area contributed by atoms with Crippen molar-refractivity contribution in [2.75, 3.05) is 19.7 Å². The Bertz CT molecular complexity index is 282. The molecule has 1 amide bonds. The lowest BCUT2D eigenvalue weighted by Gasteiger charge is -2.34. The van der Waals surface area contributed by atoms with Crippen molar-refractivity contribution in [2.45, 2.75) is 46.0 Å². The number of carbonyl (C=O) groups excluding carboxylic acids is 1. The van der Waals surface area contributed by atoms with Gasteiger partial charge in [0, 0.05) is 31.0 Å². The second-order valence-electron chi connectivity index (χ2n) is 6.29. The molecule has 1 saturated heterocycles. The van der Waals surface area contributed by atoms with Gasteiger partial charge in [0.1, 0.15) is 0 Å². The van der Waals surface area contributed by atoms with Crippen LogP contribution in [0.3, 0.4) is 0 Å². The summed E-state index contributed by atoms with van der Waals surface area (Å²) in [6, 6.07) is 0. The van der Waals surface area contributed by atoms with E-state index in [2.05, 4.69) is 13.8 Å². The zero-order chi connectivity index (χ0) is 12.5. The van der Waals surface area contributed by atoms with Crippen LogP contribution in [0.5, 0.6) is 0 Å². The van der Waals surface area contributed by atoms with Gasteiger partial charge in [0.2, 0.25) is 5.91 Å². The molecule has 2 rings (SSSR count). The third-order valence-corrected chi connectivity index (χ3v) is 4.76. The molecule has 1 unspecified atom stereocenters. The van der Waals surface area contributed by atoms with Crippen LogP contribution < -0.4 is 0 Å². The van der Waals surface area contributed by atoms with Gasteiger partial charge in [-0.3, -0.25) is 4.79 Å². The topological polar surface area (TPSA) is 40.5 Å². The summed E-state index contributed by atoms with van der Waals surface area (Å²) in [6.07, 6.45) is 5.93. The maximum Gasteiger partial charge on any atom is 0.228 e. The van der Waals surface area contributed by atoms with Gasteiger partial charge in [0.15, 0.2) is 0 Å². The van der Waals surface area contributed by atoms with Gasteiger partial charge < -0.3 is 10.0 Å². The van der Waals surface area contributed by atoms with Crippen LogP contribution >= 0.6 is 0 Å². The molecule has 98 valence electrons. The Hall–Kier alpha value is -0.570. The van der Waals surface area contributed by atoms with E-state index >= 15 is 0 Å². The molecule has 2 aliphatic rings. The third-order valence-electron chi connectivity index (χ3n) is 4.76. The summed E-state index contributed by atoms with van der Waals surface area (Å²) in [5.41, 5.74) is -0.207. The minimum absolute atomic E-state index is 0.207. The number of rotatable bonds is 3. The molecular formula is C14H25NO2. The van der Waals surface area contributed by atoms with Crippen LogP contribution in [0.1, 0.15) is 46.0 Å². The van der Waals surface area contributed by atoms with E-state index in [0.29, 0.717) is 17.7 Å². The summed E-state index contributed by atoms with van der Waals surface area (Å²) >= 11 is 0. The molecule has 1 N–H and O–H groups in total. The van der Waals surface area contributed by atoms with Crippen LogP contribution in [0.15, 0.2) is 0 Å². The van der Waals surface area contributed by atoms with Crippen molar-refractivity contribution in [3.8, 4) is 0 Å². The third kappa shape index (κ3) is 2.49. The molecule has 1 heterocycles. The highest BCUT2D eigenvalue weighted by molar-refractivity contribution is 5.82. The van der Waals surface area contributed by atoms with Crippen LogP contribution in [-0.2, 0) is 4.79 Å².